The Morgan fingerprint density at radius 2 is 0.947 bits per heavy atom. The van der Waals surface area contributed by atoms with E-state index in [0.717, 1.165) is 70.6 Å². The predicted octanol–water partition coefficient (Wildman–Crippen LogP) is 11.2. The quantitative estimate of drug-likeness (QED) is 0.108. The summed E-state index contributed by atoms with van der Waals surface area (Å²) in [6, 6.07) is 56.1. The molecule has 10 rings (SSSR count). The zero-order chi connectivity index (χ0) is 38.5. The van der Waals surface area contributed by atoms with E-state index < -0.39 is 14.0 Å². The molecule has 0 radical (unpaired) electrons. The third-order valence-electron chi connectivity index (χ3n) is 11.5. The normalized spacial score (nSPS) is 15.9. The first kappa shape index (κ1) is 35.3. The summed E-state index contributed by atoms with van der Waals surface area (Å²) in [5.41, 5.74) is 14.0. The molecule has 7 aromatic carbocycles. The molecular weight excluding hydrogens is 716 g/mol. The molecule has 0 saturated carbocycles. The van der Waals surface area contributed by atoms with Crippen molar-refractivity contribution in [2.24, 2.45) is 0 Å². The molecule has 0 fully saturated rings. The first-order valence-corrected chi connectivity index (χ1v) is 21.6. The summed E-state index contributed by atoms with van der Waals surface area (Å²) < 4.78 is 18.7. The van der Waals surface area contributed by atoms with Crippen LogP contribution < -0.4 is 20.1 Å². The Balaban J connectivity index is 1.03. The zero-order valence-corrected chi connectivity index (χ0v) is 33.5. The highest BCUT2D eigenvalue weighted by Crippen LogP contribution is 2.50. The van der Waals surface area contributed by atoms with E-state index in [2.05, 4.69) is 200 Å². The maximum atomic E-state index is 7.21. The fourth-order valence-corrected chi connectivity index (χ4v) is 11.2. The molecule has 1 spiro atoms. The third kappa shape index (κ3) is 6.11. The van der Waals surface area contributed by atoms with Crippen LogP contribution in [0.4, 0.5) is 11.4 Å². The van der Waals surface area contributed by atoms with Crippen molar-refractivity contribution in [3.05, 3.63) is 191 Å². The first-order chi connectivity index (χ1) is 28.0. The number of hydrogen-bond acceptors (Lipinski definition) is 2. The smallest absolute Gasteiger partial charge is 0.340 e. The first-order valence-electron chi connectivity index (χ1n) is 20.1. The van der Waals surface area contributed by atoms with Crippen molar-refractivity contribution in [3.8, 4) is 33.8 Å². The molecule has 278 valence electrons. The van der Waals surface area contributed by atoms with Gasteiger partial charge in [-0.25, -0.2) is 0 Å². The molecule has 0 bridgehead atoms. The van der Waals surface area contributed by atoms with Gasteiger partial charge in [0.1, 0.15) is 0 Å². The lowest BCUT2D eigenvalue weighted by Gasteiger charge is -2.28. The van der Waals surface area contributed by atoms with Gasteiger partial charge in [-0.05, 0) is 129 Å². The van der Waals surface area contributed by atoms with Crippen LogP contribution in [0.3, 0.4) is 0 Å². The third-order valence-corrected chi connectivity index (χ3v) is 14.1. The Morgan fingerprint density at radius 1 is 0.509 bits per heavy atom. The molecule has 7 aromatic rings. The highest BCUT2D eigenvalue weighted by atomic mass is 31.1. The van der Waals surface area contributed by atoms with Crippen molar-refractivity contribution in [2.45, 2.75) is 46.1 Å². The van der Waals surface area contributed by atoms with Gasteiger partial charge in [0.25, 0.3) is 11.4 Å². The van der Waals surface area contributed by atoms with E-state index in [0.29, 0.717) is 0 Å². The van der Waals surface area contributed by atoms with Crippen molar-refractivity contribution in [2.75, 3.05) is 6.16 Å². The van der Waals surface area contributed by atoms with Gasteiger partial charge in [-0.15, -0.1) is 0 Å². The van der Waals surface area contributed by atoms with Crippen LogP contribution in [-0.4, -0.2) is 33.8 Å². The van der Waals surface area contributed by atoms with Crippen LogP contribution in [0.2, 0.25) is 0 Å². The Labute approximate surface area is 336 Å². The second kappa shape index (κ2) is 14.4. The van der Waals surface area contributed by atoms with Gasteiger partial charge >= 0.3 is 6.03 Å². The van der Waals surface area contributed by atoms with E-state index in [1.165, 1.54) is 44.0 Å². The Hall–Kier alpha value is -6.09. The molecule has 0 aliphatic carbocycles. The lowest BCUT2D eigenvalue weighted by Crippen LogP contribution is -2.59. The number of benzene rings is 7. The fraction of sp³-hybridized carbons (Fsp3) is 0.154. The van der Waals surface area contributed by atoms with Crippen LogP contribution >= 0.6 is 7.92 Å². The Kier molecular flexibility index (Phi) is 8.95. The van der Waals surface area contributed by atoms with E-state index >= 15 is 0 Å². The largest absolute Gasteiger partial charge is 0.715 e. The molecule has 57 heavy (non-hydrogen) atoms. The van der Waals surface area contributed by atoms with Crippen molar-refractivity contribution < 1.29 is 18.6 Å². The van der Waals surface area contributed by atoms with Gasteiger partial charge in [0, 0.05) is 12.1 Å². The van der Waals surface area contributed by atoms with Crippen molar-refractivity contribution in [1.29, 1.82) is 0 Å². The molecule has 4 nitrogen and oxygen atoms in total. The molecule has 3 heterocycles. The fourth-order valence-electron chi connectivity index (χ4n) is 8.90. The standard InChI is InChI=1S/C52H45N2O2P/c1-4-17-38-18-11-13-24-46(38)40-30-36(2)50-42(32-40)34-53-48-26-15-16-27-49(48)54-35-43-33-41(31-37(3)51(43)56-52(53,54)55-50)47-25-14-12-19-39(47)28-29-57(44-20-7-5-8-21-44)45-22-9-6-10-23-45/h5-16,18-27,30-35H,4,17,28-29H2,1-3H3/q+2. The van der Waals surface area contributed by atoms with Crippen LogP contribution in [0.15, 0.2) is 158 Å². The van der Waals surface area contributed by atoms with E-state index in [1.807, 2.05) is 0 Å². The molecule has 0 aromatic heterocycles. The number of nitrogens with zero attached hydrogens (tertiary/aromatic N) is 2. The summed E-state index contributed by atoms with van der Waals surface area (Å²) in [5, 5.41) is 2.83. The summed E-state index contributed by atoms with van der Waals surface area (Å²) in [4.78, 5) is 0. The van der Waals surface area contributed by atoms with Gasteiger partial charge in [-0.1, -0.05) is 135 Å². The van der Waals surface area contributed by atoms with Gasteiger partial charge in [0.2, 0.25) is 0 Å². The summed E-state index contributed by atoms with van der Waals surface area (Å²) in [6.07, 6.45) is 8.65. The van der Waals surface area contributed by atoms with Gasteiger partial charge in [-0.2, -0.15) is 0 Å². The van der Waals surface area contributed by atoms with Gasteiger partial charge in [0.15, 0.2) is 23.9 Å². The number of aryl methyl sites for hydroxylation is 4. The maximum Gasteiger partial charge on any atom is 0.715 e. The summed E-state index contributed by atoms with van der Waals surface area (Å²) in [6.45, 7) is 6.55. The van der Waals surface area contributed by atoms with E-state index in [1.54, 1.807) is 0 Å². The van der Waals surface area contributed by atoms with Crippen molar-refractivity contribution in [3.63, 3.8) is 0 Å². The molecule has 0 N–H and O–H groups in total. The average Bonchev–Trinajstić information content (AvgIpc) is 3.52. The van der Waals surface area contributed by atoms with Crippen molar-refractivity contribution >= 4 is 42.3 Å². The number of para-hydroxylation sites is 2. The van der Waals surface area contributed by atoms with E-state index in [4.69, 9.17) is 9.47 Å². The van der Waals surface area contributed by atoms with Crippen LogP contribution in [0.1, 0.15) is 46.7 Å². The van der Waals surface area contributed by atoms with Gasteiger partial charge < -0.3 is 9.47 Å². The van der Waals surface area contributed by atoms with Crippen LogP contribution in [0.25, 0.3) is 22.3 Å². The van der Waals surface area contributed by atoms with Gasteiger partial charge in [-0.3, -0.25) is 0 Å². The van der Waals surface area contributed by atoms with Crippen LogP contribution in [-0.2, 0) is 12.8 Å². The minimum Gasteiger partial charge on any atom is -0.340 e. The molecular formula is C52H45N2O2P+2. The van der Waals surface area contributed by atoms with E-state index in [-0.39, 0.29) is 0 Å². The number of hydrogen-bond donors (Lipinski definition) is 0. The predicted molar refractivity (Wildman–Crippen MR) is 235 cm³/mol. The summed E-state index contributed by atoms with van der Waals surface area (Å²) in [7, 11) is -0.502. The number of ether oxygens (including phenoxy) is 2. The number of rotatable bonds is 9. The maximum absolute atomic E-state index is 7.21. The minimum atomic E-state index is -1.23. The summed E-state index contributed by atoms with van der Waals surface area (Å²) in [5.74, 6) is 1.67. The molecule has 5 heteroatoms. The monoisotopic (exact) mass is 760 g/mol. The average molecular weight is 761 g/mol. The highest BCUT2D eigenvalue weighted by molar-refractivity contribution is 7.73. The lowest BCUT2D eigenvalue weighted by atomic mass is 9.93. The molecule has 0 saturated heterocycles. The molecule has 1 atom stereocenters. The molecule has 3 aliphatic heterocycles. The Morgan fingerprint density at radius 3 is 1.44 bits per heavy atom. The molecule has 1 unspecified atom stereocenters. The molecule has 0 amide bonds. The highest BCUT2D eigenvalue weighted by Gasteiger charge is 2.72. The summed E-state index contributed by atoms with van der Waals surface area (Å²) >= 11 is 0. The second-order valence-corrected chi connectivity index (χ2v) is 17.6. The van der Waals surface area contributed by atoms with Crippen LogP contribution in [0, 0.1) is 13.8 Å². The van der Waals surface area contributed by atoms with Gasteiger partial charge in [0.05, 0.1) is 11.1 Å². The second-order valence-electron chi connectivity index (χ2n) is 15.3. The minimum absolute atomic E-state index is 0.502. The Bertz CT molecular complexity index is 2700. The van der Waals surface area contributed by atoms with Crippen molar-refractivity contribution in [1.82, 2.24) is 0 Å². The van der Waals surface area contributed by atoms with E-state index in [9.17, 15) is 0 Å². The molecule has 3 aliphatic rings. The van der Waals surface area contributed by atoms with Crippen LogP contribution in [0.5, 0.6) is 11.5 Å². The SMILES string of the molecule is CCCc1ccccc1-c1cc(C)c2c(c1)C=[N+]1c3ccccc3[N+]3=Cc4cc(-c5ccccc5CCP(c5ccccc5)c5ccccc5)cc(C)c4OC13O2. The zero-order valence-electron chi connectivity index (χ0n) is 32.7. The lowest BCUT2D eigenvalue weighted by molar-refractivity contribution is -0.831. The number of fused-ring (bicyclic) bond motifs is 5. The topological polar surface area (TPSA) is 24.5 Å².